The van der Waals surface area contributed by atoms with Crippen molar-refractivity contribution in [2.45, 2.75) is 31.2 Å². The Bertz CT molecular complexity index is 624. The fourth-order valence-corrected chi connectivity index (χ4v) is 3.50. The van der Waals surface area contributed by atoms with Crippen LogP contribution in [-0.2, 0) is 9.59 Å². The lowest BCUT2D eigenvalue weighted by molar-refractivity contribution is -0.134. The SMILES string of the molecule is O=C(CCl)NCC1CCN(C(=O)C2(Nc3ccc(Cl)cc3)CC2)CC1. The lowest BCUT2D eigenvalue weighted by Gasteiger charge is -2.35. The molecule has 136 valence electrons. The van der Waals surface area contributed by atoms with E-state index in [9.17, 15) is 9.59 Å². The van der Waals surface area contributed by atoms with E-state index >= 15 is 0 Å². The van der Waals surface area contributed by atoms with Crippen LogP contribution >= 0.6 is 23.2 Å². The van der Waals surface area contributed by atoms with Crippen molar-refractivity contribution in [2.24, 2.45) is 5.92 Å². The number of hydrogen-bond donors (Lipinski definition) is 2. The minimum atomic E-state index is -0.451. The van der Waals surface area contributed by atoms with Crippen molar-refractivity contribution >= 4 is 40.7 Å². The summed E-state index contributed by atoms with van der Waals surface area (Å²) in [7, 11) is 0. The molecule has 3 rings (SSSR count). The Morgan fingerprint density at radius 1 is 1.16 bits per heavy atom. The van der Waals surface area contributed by atoms with Gasteiger partial charge in [-0.2, -0.15) is 0 Å². The number of nitrogens with one attached hydrogen (secondary N) is 2. The highest BCUT2D eigenvalue weighted by atomic mass is 35.5. The second kappa shape index (κ2) is 7.83. The molecule has 0 bridgehead atoms. The number of rotatable bonds is 6. The Balaban J connectivity index is 1.50. The van der Waals surface area contributed by atoms with E-state index < -0.39 is 5.54 Å². The molecule has 0 spiro atoms. The third kappa shape index (κ3) is 4.59. The molecule has 7 heteroatoms. The number of alkyl halides is 1. The van der Waals surface area contributed by atoms with Crippen molar-refractivity contribution in [1.29, 1.82) is 0 Å². The summed E-state index contributed by atoms with van der Waals surface area (Å²) in [4.78, 5) is 26.1. The Hall–Kier alpha value is -1.46. The van der Waals surface area contributed by atoms with E-state index in [0.29, 0.717) is 17.5 Å². The molecule has 2 N–H and O–H groups in total. The predicted octanol–water partition coefficient (Wildman–Crippen LogP) is 2.88. The van der Waals surface area contributed by atoms with E-state index in [1.54, 1.807) is 0 Å². The fourth-order valence-electron chi connectivity index (χ4n) is 3.28. The van der Waals surface area contributed by atoms with Crippen molar-refractivity contribution in [3.8, 4) is 0 Å². The molecule has 1 saturated carbocycles. The molecule has 0 unspecified atom stereocenters. The second-order valence-corrected chi connectivity index (χ2v) is 7.59. The van der Waals surface area contributed by atoms with Crippen LogP contribution in [0.4, 0.5) is 5.69 Å². The van der Waals surface area contributed by atoms with Crippen LogP contribution in [0.1, 0.15) is 25.7 Å². The van der Waals surface area contributed by atoms with Crippen molar-refractivity contribution in [3.05, 3.63) is 29.3 Å². The average molecular weight is 384 g/mol. The molecular weight excluding hydrogens is 361 g/mol. The first-order chi connectivity index (χ1) is 12.0. The number of piperidine rings is 1. The quantitative estimate of drug-likeness (QED) is 0.742. The summed E-state index contributed by atoms with van der Waals surface area (Å²) in [6.07, 6.45) is 3.54. The maximum Gasteiger partial charge on any atom is 0.248 e. The number of carbonyl (C=O) groups is 2. The van der Waals surface area contributed by atoms with Gasteiger partial charge in [0.1, 0.15) is 11.4 Å². The number of halogens is 2. The highest BCUT2D eigenvalue weighted by Gasteiger charge is 2.52. The van der Waals surface area contributed by atoms with Gasteiger partial charge in [-0.05, 0) is 55.9 Å². The summed E-state index contributed by atoms with van der Waals surface area (Å²) in [5.74, 6) is 0.460. The van der Waals surface area contributed by atoms with Gasteiger partial charge in [0.15, 0.2) is 0 Å². The molecular formula is C18H23Cl2N3O2. The van der Waals surface area contributed by atoms with Crippen LogP contribution in [-0.4, -0.2) is 47.8 Å². The first-order valence-electron chi connectivity index (χ1n) is 8.68. The molecule has 1 heterocycles. The van der Waals surface area contributed by atoms with Crippen LogP contribution in [0.2, 0.25) is 5.02 Å². The number of amides is 2. The van der Waals surface area contributed by atoms with Crippen molar-refractivity contribution in [1.82, 2.24) is 10.2 Å². The van der Waals surface area contributed by atoms with Crippen molar-refractivity contribution in [3.63, 3.8) is 0 Å². The summed E-state index contributed by atoms with van der Waals surface area (Å²) in [5, 5.41) is 6.90. The molecule has 1 saturated heterocycles. The zero-order valence-electron chi connectivity index (χ0n) is 14.1. The predicted molar refractivity (Wildman–Crippen MR) is 100 cm³/mol. The summed E-state index contributed by atoms with van der Waals surface area (Å²) in [5.41, 5.74) is 0.474. The summed E-state index contributed by atoms with van der Waals surface area (Å²) >= 11 is 11.4. The van der Waals surface area contributed by atoms with Crippen molar-refractivity contribution < 1.29 is 9.59 Å². The highest BCUT2D eigenvalue weighted by Crippen LogP contribution is 2.41. The van der Waals surface area contributed by atoms with Gasteiger partial charge in [0.2, 0.25) is 11.8 Å². The summed E-state index contributed by atoms with van der Waals surface area (Å²) in [6.45, 7) is 2.12. The number of hydrogen-bond acceptors (Lipinski definition) is 3. The van der Waals surface area contributed by atoms with E-state index in [4.69, 9.17) is 23.2 Å². The van der Waals surface area contributed by atoms with E-state index in [-0.39, 0.29) is 17.7 Å². The Labute approximate surface area is 158 Å². The molecule has 0 aromatic heterocycles. The number of likely N-dealkylation sites (tertiary alicyclic amines) is 1. The van der Waals surface area contributed by atoms with E-state index in [2.05, 4.69) is 10.6 Å². The number of anilines is 1. The van der Waals surface area contributed by atoms with Gasteiger partial charge in [-0.15, -0.1) is 11.6 Å². The molecule has 1 aliphatic carbocycles. The van der Waals surface area contributed by atoms with Crippen LogP contribution in [0.5, 0.6) is 0 Å². The fraction of sp³-hybridized carbons (Fsp3) is 0.556. The Morgan fingerprint density at radius 3 is 2.36 bits per heavy atom. The highest BCUT2D eigenvalue weighted by molar-refractivity contribution is 6.30. The molecule has 1 aromatic rings. The molecule has 1 aromatic carbocycles. The molecule has 0 radical (unpaired) electrons. The third-order valence-electron chi connectivity index (χ3n) is 5.00. The van der Waals surface area contributed by atoms with Gasteiger partial charge >= 0.3 is 0 Å². The van der Waals surface area contributed by atoms with Crippen LogP contribution in [0, 0.1) is 5.92 Å². The average Bonchev–Trinajstić information content (AvgIpc) is 3.42. The monoisotopic (exact) mass is 383 g/mol. The second-order valence-electron chi connectivity index (χ2n) is 6.89. The van der Waals surface area contributed by atoms with Crippen LogP contribution < -0.4 is 10.6 Å². The maximum atomic E-state index is 12.9. The number of benzene rings is 1. The standard InChI is InChI=1S/C18H23Cl2N3O2/c19-11-16(24)21-12-13-5-9-23(10-6-13)17(25)18(7-8-18)22-15-3-1-14(20)2-4-15/h1-4,13,22H,5-12H2,(H,21,24). The minimum absolute atomic E-state index is 0.00375. The zero-order valence-corrected chi connectivity index (χ0v) is 15.6. The van der Waals surface area contributed by atoms with Crippen LogP contribution in [0.3, 0.4) is 0 Å². The number of carbonyl (C=O) groups excluding carboxylic acids is 2. The van der Waals surface area contributed by atoms with Crippen molar-refractivity contribution in [2.75, 3.05) is 30.8 Å². The van der Waals surface area contributed by atoms with Gasteiger partial charge in [-0.1, -0.05) is 11.6 Å². The molecule has 1 aliphatic heterocycles. The first-order valence-corrected chi connectivity index (χ1v) is 9.59. The molecule has 2 fully saturated rings. The molecule has 0 atom stereocenters. The topological polar surface area (TPSA) is 61.4 Å². The lowest BCUT2D eigenvalue weighted by atomic mass is 9.96. The van der Waals surface area contributed by atoms with Gasteiger partial charge in [0.25, 0.3) is 0 Å². The molecule has 2 aliphatic rings. The van der Waals surface area contributed by atoms with E-state index in [1.165, 1.54) is 0 Å². The Morgan fingerprint density at radius 2 is 1.80 bits per heavy atom. The van der Waals surface area contributed by atoms with Gasteiger partial charge < -0.3 is 15.5 Å². The van der Waals surface area contributed by atoms with Gasteiger partial charge in [-0.3, -0.25) is 9.59 Å². The van der Waals surface area contributed by atoms with Gasteiger partial charge in [0, 0.05) is 30.3 Å². The van der Waals surface area contributed by atoms with Crippen LogP contribution in [0.15, 0.2) is 24.3 Å². The largest absolute Gasteiger partial charge is 0.371 e. The third-order valence-corrected chi connectivity index (χ3v) is 5.49. The smallest absolute Gasteiger partial charge is 0.248 e. The van der Waals surface area contributed by atoms with E-state index in [1.807, 2.05) is 29.2 Å². The number of nitrogens with zero attached hydrogens (tertiary/aromatic N) is 1. The molecule has 2 amide bonds. The first kappa shape index (κ1) is 18.3. The lowest BCUT2D eigenvalue weighted by Crippen LogP contribution is -2.49. The normalized spacial score (nSPS) is 19.4. The molecule has 25 heavy (non-hydrogen) atoms. The summed E-state index contributed by atoms with van der Waals surface area (Å²) < 4.78 is 0. The summed E-state index contributed by atoms with van der Waals surface area (Å²) in [6, 6.07) is 7.46. The molecule has 5 nitrogen and oxygen atoms in total. The zero-order chi connectivity index (χ0) is 17.9. The van der Waals surface area contributed by atoms with E-state index in [0.717, 1.165) is 44.5 Å². The van der Waals surface area contributed by atoms with Gasteiger partial charge in [-0.25, -0.2) is 0 Å². The minimum Gasteiger partial charge on any atom is -0.371 e. The Kier molecular flexibility index (Phi) is 5.74. The van der Waals surface area contributed by atoms with Gasteiger partial charge in [0.05, 0.1) is 0 Å². The van der Waals surface area contributed by atoms with Crippen LogP contribution in [0.25, 0.3) is 0 Å². The maximum absolute atomic E-state index is 12.9.